The smallest absolute Gasteiger partial charge is 0.295 e. The molecule has 0 unspecified atom stereocenters. The highest BCUT2D eigenvalue weighted by Crippen LogP contribution is 2.20. The summed E-state index contributed by atoms with van der Waals surface area (Å²) in [5.41, 5.74) is 4.34. The van der Waals surface area contributed by atoms with Gasteiger partial charge in [-0.3, -0.25) is 4.79 Å². The Morgan fingerprint density at radius 1 is 0.842 bits per heavy atom. The highest BCUT2D eigenvalue weighted by Gasteiger charge is 2.00. The van der Waals surface area contributed by atoms with E-state index < -0.39 is 0 Å². The van der Waals surface area contributed by atoms with Gasteiger partial charge >= 0.3 is 6.15 Å². The predicted molar refractivity (Wildman–Crippen MR) is 71.6 cm³/mol. The quantitative estimate of drug-likeness (QED) is 0.773. The highest BCUT2D eigenvalue weighted by atomic mass is 16.2. The molecule has 2 rings (SSSR count). The molecule has 0 saturated heterocycles. The van der Waals surface area contributed by atoms with E-state index in [2.05, 4.69) is 31.2 Å². The van der Waals surface area contributed by atoms with Crippen molar-refractivity contribution in [1.82, 2.24) is 0 Å². The molecular weight excluding hydrogens is 240 g/mol. The average Bonchev–Trinajstić information content (AvgIpc) is 2.41. The molecule has 2 aromatic rings. The minimum atomic E-state index is 0.107. The Bertz CT molecular complexity index is 574. The molecule has 0 spiro atoms. The van der Waals surface area contributed by atoms with E-state index in [4.69, 9.17) is 9.59 Å². The van der Waals surface area contributed by atoms with Gasteiger partial charge in [0, 0.05) is 5.56 Å². The number of benzene rings is 2. The summed E-state index contributed by atoms with van der Waals surface area (Å²) >= 11 is 0. The van der Waals surface area contributed by atoms with Gasteiger partial charge in [-0.2, -0.15) is 9.59 Å². The second-order valence-corrected chi connectivity index (χ2v) is 4.08. The van der Waals surface area contributed by atoms with Crippen LogP contribution in [0.2, 0.25) is 0 Å². The molecule has 0 saturated carbocycles. The first-order chi connectivity index (χ1) is 9.08. The van der Waals surface area contributed by atoms with Crippen molar-refractivity contribution in [3.63, 3.8) is 0 Å². The van der Waals surface area contributed by atoms with E-state index in [-0.39, 0.29) is 11.9 Å². The van der Waals surface area contributed by atoms with Gasteiger partial charge < -0.3 is 0 Å². The van der Waals surface area contributed by atoms with Crippen molar-refractivity contribution < 1.29 is 14.4 Å². The molecule has 96 valence electrons. The monoisotopic (exact) mass is 254 g/mol. The van der Waals surface area contributed by atoms with Crippen LogP contribution in [0.1, 0.15) is 22.8 Å². The minimum Gasteiger partial charge on any atom is -0.295 e. The van der Waals surface area contributed by atoms with E-state index in [1.54, 1.807) is 6.92 Å². The number of aryl methyl sites for hydroxylation is 1. The molecule has 0 radical (unpaired) electrons. The van der Waals surface area contributed by atoms with Crippen molar-refractivity contribution in [2.75, 3.05) is 0 Å². The van der Waals surface area contributed by atoms with Crippen LogP contribution >= 0.6 is 0 Å². The van der Waals surface area contributed by atoms with Gasteiger partial charge in [-0.25, -0.2) is 0 Å². The molecule has 2 aromatic carbocycles. The van der Waals surface area contributed by atoms with Gasteiger partial charge in [-0.05, 0) is 25.0 Å². The molecule has 3 heteroatoms. The molecule has 0 aliphatic heterocycles. The normalized spacial score (nSPS) is 8.95. The second kappa shape index (κ2) is 7.04. The summed E-state index contributed by atoms with van der Waals surface area (Å²) in [6.45, 7) is 3.66. The maximum Gasteiger partial charge on any atom is 0.373 e. The molecule has 0 N–H and O–H groups in total. The van der Waals surface area contributed by atoms with Crippen LogP contribution in [0.4, 0.5) is 0 Å². The lowest BCUT2D eigenvalue weighted by Gasteiger charge is -2.03. The zero-order valence-electron chi connectivity index (χ0n) is 10.8. The van der Waals surface area contributed by atoms with E-state index in [0.717, 1.165) is 11.1 Å². The third-order valence-electron chi connectivity index (χ3n) is 2.68. The van der Waals surface area contributed by atoms with Gasteiger partial charge in [0.05, 0.1) is 0 Å². The van der Waals surface area contributed by atoms with Crippen molar-refractivity contribution >= 4 is 11.9 Å². The SMILES string of the molecule is CC(=O)c1ccc(-c2ccc(C)cc2)cc1.O=C=O. The van der Waals surface area contributed by atoms with E-state index >= 15 is 0 Å². The first-order valence-electron chi connectivity index (χ1n) is 5.76. The maximum absolute atomic E-state index is 11.1. The lowest BCUT2D eigenvalue weighted by atomic mass is 10.0. The van der Waals surface area contributed by atoms with E-state index in [9.17, 15) is 4.79 Å². The molecule has 0 atom stereocenters. The van der Waals surface area contributed by atoms with Gasteiger partial charge in [-0.1, -0.05) is 54.1 Å². The van der Waals surface area contributed by atoms with Crippen LogP contribution in [-0.2, 0) is 9.59 Å². The van der Waals surface area contributed by atoms with Gasteiger partial charge in [0.1, 0.15) is 0 Å². The molecule has 0 fully saturated rings. The number of hydrogen-bond donors (Lipinski definition) is 0. The number of carbonyl (C=O) groups excluding carboxylic acids is 3. The van der Waals surface area contributed by atoms with Crippen molar-refractivity contribution in [3.8, 4) is 11.1 Å². The largest absolute Gasteiger partial charge is 0.373 e. The van der Waals surface area contributed by atoms with Gasteiger partial charge in [0.2, 0.25) is 0 Å². The molecule has 0 bridgehead atoms. The maximum atomic E-state index is 11.1. The Morgan fingerprint density at radius 3 is 1.58 bits per heavy atom. The van der Waals surface area contributed by atoms with E-state index in [1.165, 1.54) is 11.1 Å². The highest BCUT2D eigenvalue weighted by molar-refractivity contribution is 5.94. The lowest BCUT2D eigenvalue weighted by molar-refractivity contribution is -0.191. The molecule has 0 aliphatic rings. The van der Waals surface area contributed by atoms with Crippen LogP contribution in [-0.4, -0.2) is 11.9 Å². The first kappa shape index (κ1) is 14.6. The molecule has 0 heterocycles. The minimum absolute atomic E-state index is 0.107. The first-order valence-corrected chi connectivity index (χ1v) is 5.76. The number of ketones is 1. The summed E-state index contributed by atoms with van der Waals surface area (Å²) in [5, 5.41) is 0. The third kappa shape index (κ3) is 4.34. The molecular formula is C16H14O3. The molecule has 3 nitrogen and oxygen atoms in total. The zero-order chi connectivity index (χ0) is 14.3. The van der Waals surface area contributed by atoms with Crippen LogP contribution in [0.25, 0.3) is 11.1 Å². The molecule has 0 aromatic heterocycles. The van der Waals surface area contributed by atoms with Crippen LogP contribution in [0.3, 0.4) is 0 Å². The fourth-order valence-electron chi connectivity index (χ4n) is 1.64. The van der Waals surface area contributed by atoms with Crippen LogP contribution in [0.5, 0.6) is 0 Å². The van der Waals surface area contributed by atoms with Crippen molar-refractivity contribution in [2.24, 2.45) is 0 Å². The number of hydrogen-bond acceptors (Lipinski definition) is 3. The van der Waals surface area contributed by atoms with E-state index in [0.29, 0.717) is 0 Å². The van der Waals surface area contributed by atoms with Crippen LogP contribution in [0, 0.1) is 6.92 Å². The topological polar surface area (TPSA) is 51.2 Å². The van der Waals surface area contributed by atoms with Crippen molar-refractivity contribution in [3.05, 3.63) is 59.7 Å². The Hall–Kier alpha value is -2.51. The Kier molecular flexibility index (Phi) is 5.39. The molecule has 0 aliphatic carbocycles. The zero-order valence-corrected chi connectivity index (χ0v) is 10.8. The fraction of sp³-hybridized carbons (Fsp3) is 0.125. The average molecular weight is 254 g/mol. The second-order valence-electron chi connectivity index (χ2n) is 4.08. The van der Waals surface area contributed by atoms with Crippen molar-refractivity contribution in [1.29, 1.82) is 0 Å². The predicted octanol–water partition coefficient (Wildman–Crippen LogP) is 3.28. The number of Topliss-reactive ketones (excluding diaryl/α,β-unsaturated/α-hetero) is 1. The summed E-state index contributed by atoms with van der Waals surface area (Å²) in [6, 6.07) is 16.1. The van der Waals surface area contributed by atoms with Crippen LogP contribution < -0.4 is 0 Å². The fourth-order valence-corrected chi connectivity index (χ4v) is 1.64. The van der Waals surface area contributed by atoms with Crippen molar-refractivity contribution in [2.45, 2.75) is 13.8 Å². The third-order valence-corrected chi connectivity index (χ3v) is 2.68. The lowest BCUT2D eigenvalue weighted by Crippen LogP contribution is -1.90. The standard InChI is InChI=1S/C15H14O.CO2/c1-11-3-5-14(6-4-11)15-9-7-13(8-10-15)12(2)16;2-1-3/h3-10H,1-2H3;. The summed E-state index contributed by atoms with van der Waals surface area (Å²) in [7, 11) is 0. The Morgan fingerprint density at radius 2 is 1.21 bits per heavy atom. The summed E-state index contributed by atoms with van der Waals surface area (Å²) in [4.78, 5) is 27.4. The Balaban J connectivity index is 0.000000550. The van der Waals surface area contributed by atoms with Gasteiger partial charge in [0.15, 0.2) is 5.78 Å². The van der Waals surface area contributed by atoms with Crippen LogP contribution in [0.15, 0.2) is 48.5 Å². The number of rotatable bonds is 2. The Labute approximate surface area is 111 Å². The molecule has 0 amide bonds. The number of carbonyl (C=O) groups is 1. The van der Waals surface area contributed by atoms with Gasteiger partial charge in [0.25, 0.3) is 0 Å². The van der Waals surface area contributed by atoms with Gasteiger partial charge in [-0.15, -0.1) is 0 Å². The summed E-state index contributed by atoms with van der Waals surface area (Å²) in [6.07, 6.45) is 0.250. The molecule has 19 heavy (non-hydrogen) atoms. The van der Waals surface area contributed by atoms with E-state index in [1.807, 2.05) is 24.3 Å². The summed E-state index contributed by atoms with van der Waals surface area (Å²) < 4.78 is 0. The summed E-state index contributed by atoms with van der Waals surface area (Å²) in [5.74, 6) is 0.107.